The van der Waals surface area contributed by atoms with Crippen molar-refractivity contribution in [3.05, 3.63) is 93.7 Å². The first-order chi connectivity index (χ1) is 14.4. The molecule has 1 aromatic heterocycles. The molecule has 0 atom stereocenters. The lowest BCUT2D eigenvalue weighted by molar-refractivity contribution is 0.101. The van der Waals surface area contributed by atoms with E-state index >= 15 is 0 Å². The van der Waals surface area contributed by atoms with Gasteiger partial charge in [0, 0.05) is 11.3 Å². The van der Waals surface area contributed by atoms with Crippen molar-refractivity contribution in [3.63, 3.8) is 0 Å². The van der Waals surface area contributed by atoms with Crippen LogP contribution in [0.15, 0.2) is 66.7 Å². The van der Waals surface area contributed by atoms with Gasteiger partial charge in [0.2, 0.25) is 5.82 Å². The minimum atomic E-state index is -0.436. The number of carbonyl (C=O) groups excluding carboxylic acids is 1. The monoisotopic (exact) mass is 436 g/mol. The van der Waals surface area contributed by atoms with Crippen LogP contribution < -0.4 is 5.32 Å². The highest BCUT2D eigenvalue weighted by molar-refractivity contribution is 6.42. The Morgan fingerprint density at radius 2 is 1.70 bits per heavy atom. The maximum Gasteiger partial charge on any atom is 0.295 e. The highest BCUT2D eigenvalue weighted by Crippen LogP contribution is 2.26. The van der Waals surface area contributed by atoms with Crippen LogP contribution in [0.1, 0.15) is 21.7 Å². The van der Waals surface area contributed by atoms with E-state index in [4.69, 9.17) is 23.2 Å². The Morgan fingerprint density at radius 1 is 0.933 bits per heavy atom. The summed E-state index contributed by atoms with van der Waals surface area (Å²) in [5.74, 6) is 0.204. The Kier molecular flexibility index (Phi) is 5.57. The van der Waals surface area contributed by atoms with E-state index in [2.05, 4.69) is 21.5 Å². The average Bonchev–Trinajstić information content (AvgIpc) is 3.17. The van der Waals surface area contributed by atoms with Crippen LogP contribution in [-0.2, 0) is 0 Å². The Labute approximate surface area is 184 Å². The summed E-state index contributed by atoms with van der Waals surface area (Å²) in [5.41, 5.74) is 4.42. The first-order valence-electron chi connectivity index (χ1n) is 9.29. The highest BCUT2D eigenvalue weighted by Gasteiger charge is 2.20. The number of halogens is 2. The molecule has 7 heteroatoms. The number of aryl methyl sites for hydroxylation is 2. The molecule has 1 heterocycles. The van der Waals surface area contributed by atoms with Crippen LogP contribution in [0.4, 0.5) is 5.69 Å². The first-order valence-corrected chi connectivity index (χ1v) is 10.0. The molecule has 0 aliphatic carbocycles. The molecule has 150 valence electrons. The highest BCUT2D eigenvalue weighted by atomic mass is 35.5. The zero-order valence-corrected chi connectivity index (χ0v) is 17.9. The molecular formula is C23H18Cl2N4O. The second-order valence-electron chi connectivity index (χ2n) is 6.91. The molecule has 0 saturated carbocycles. The molecule has 5 nitrogen and oxygen atoms in total. The molecule has 4 rings (SSSR count). The van der Waals surface area contributed by atoms with E-state index in [0.29, 0.717) is 21.6 Å². The number of hydrogen-bond acceptors (Lipinski definition) is 3. The van der Waals surface area contributed by atoms with E-state index in [0.717, 1.165) is 22.4 Å². The van der Waals surface area contributed by atoms with Gasteiger partial charge in [-0.05, 0) is 43.7 Å². The van der Waals surface area contributed by atoms with Gasteiger partial charge >= 0.3 is 0 Å². The van der Waals surface area contributed by atoms with Gasteiger partial charge < -0.3 is 5.32 Å². The summed E-state index contributed by atoms with van der Waals surface area (Å²) < 4.78 is 1.70. The fraction of sp³-hybridized carbons (Fsp3) is 0.0870. The summed E-state index contributed by atoms with van der Waals surface area (Å²) in [5, 5.41) is 8.06. The second-order valence-corrected chi connectivity index (χ2v) is 7.72. The van der Waals surface area contributed by atoms with E-state index in [9.17, 15) is 4.79 Å². The summed E-state index contributed by atoms with van der Waals surface area (Å²) in [6, 6.07) is 20.6. The van der Waals surface area contributed by atoms with E-state index in [-0.39, 0.29) is 5.82 Å². The van der Waals surface area contributed by atoms with Gasteiger partial charge in [-0.25, -0.2) is 9.67 Å². The molecule has 4 aromatic rings. The van der Waals surface area contributed by atoms with Crippen LogP contribution in [0.25, 0.3) is 17.1 Å². The van der Waals surface area contributed by atoms with Crippen molar-refractivity contribution in [2.45, 2.75) is 13.8 Å². The van der Waals surface area contributed by atoms with Crippen LogP contribution in [-0.4, -0.2) is 20.7 Å². The standard InChI is InChI=1S/C23H18Cl2N4O/c1-14-8-11-20(15(2)12-14)29-22(16-6-4-3-5-7-16)27-21(28-29)23(30)26-17-9-10-18(24)19(25)13-17/h3-13H,1-2H3,(H,26,30). The average molecular weight is 437 g/mol. The zero-order chi connectivity index (χ0) is 21.3. The van der Waals surface area contributed by atoms with Gasteiger partial charge in [-0.1, -0.05) is 71.2 Å². The third kappa shape index (κ3) is 4.08. The van der Waals surface area contributed by atoms with Gasteiger partial charge in [-0.2, -0.15) is 0 Å². The number of aromatic nitrogens is 3. The quantitative estimate of drug-likeness (QED) is 0.419. The maximum atomic E-state index is 12.9. The van der Waals surface area contributed by atoms with Crippen LogP contribution in [0, 0.1) is 13.8 Å². The lowest BCUT2D eigenvalue weighted by atomic mass is 10.1. The van der Waals surface area contributed by atoms with Crippen molar-refractivity contribution < 1.29 is 4.79 Å². The largest absolute Gasteiger partial charge is 0.319 e. The van der Waals surface area contributed by atoms with Crippen molar-refractivity contribution in [1.82, 2.24) is 14.8 Å². The SMILES string of the molecule is Cc1ccc(-n2nc(C(=O)Nc3ccc(Cl)c(Cl)c3)nc2-c2ccccc2)c(C)c1. The number of rotatable bonds is 4. The van der Waals surface area contributed by atoms with Crippen LogP contribution in [0.5, 0.6) is 0 Å². The van der Waals surface area contributed by atoms with Gasteiger partial charge in [0.25, 0.3) is 5.91 Å². The summed E-state index contributed by atoms with van der Waals surface area (Å²) in [7, 11) is 0. The van der Waals surface area contributed by atoms with Crippen LogP contribution in [0.3, 0.4) is 0 Å². The predicted molar refractivity (Wildman–Crippen MR) is 121 cm³/mol. The number of amides is 1. The summed E-state index contributed by atoms with van der Waals surface area (Å²) in [4.78, 5) is 17.4. The number of nitrogens with zero attached hydrogens (tertiary/aromatic N) is 3. The Balaban J connectivity index is 1.76. The number of anilines is 1. The van der Waals surface area contributed by atoms with E-state index < -0.39 is 5.91 Å². The van der Waals surface area contributed by atoms with Gasteiger partial charge in [0.1, 0.15) is 0 Å². The molecule has 1 amide bonds. The minimum absolute atomic E-state index is 0.0555. The molecule has 0 bridgehead atoms. The molecule has 0 aliphatic heterocycles. The summed E-state index contributed by atoms with van der Waals surface area (Å²) in [6.07, 6.45) is 0. The normalized spacial score (nSPS) is 10.8. The lowest BCUT2D eigenvalue weighted by Crippen LogP contribution is -2.14. The van der Waals surface area contributed by atoms with Crippen molar-refractivity contribution in [2.75, 3.05) is 5.32 Å². The van der Waals surface area contributed by atoms with Crippen LogP contribution in [0.2, 0.25) is 10.0 Å². The topological polar surface area (TPSA) is 59.8 Å². The molecule has 3 aromatic carbocycles. The zero-order valence-electron chi connectivity index (χ0n) is 16.4. The van der Waals surface area contributed by atoms with Crippen LogP contribution >= 0.6 is 23.2 Å². The lowest BCUT2D eigenvalue weighted by Gasteiger charge is -2.09. The molecule has 0 saturated heterocycles. The Morgan fingerprint density at radius 3 is 2.40 bits per heavy atom. The van der Waals surface area contributed by atoms with E-state index in [1.54, 1.807) is 22.9 Å². The Bertz CT molecular complexity index is 1240. The molecule has 0 unspecified atom stereocenters. The van der Waals surface area contributed by atoms with Gasteiger partial charge in [-0.3, -0.25) is 4.79 Å². The number of carbonyl (C=O) groups is 1. The molecular weight excluding hydrogens is 419 g/mol. The molecule has 0 radical (unpaired) electrons. The molecule has 1 N–H and O–H groups in total. The van der Waals surface area contributed by atoms with Crippen molar-refractivity contribution >= 4 is 34.8 Å². The second kappa shape index (κ2) is 8.30. The van der Waals surface area contributed by atoms with Crippen molar-refractivity contribution in [3.8, 4) is 17.1 Å². The Hall–Kier alpha value is -3.15. The number of benzene rings is 3. The van der Waals surface area contributed by atoms with E-state index in [1.165, 1.54) is 0 Å². The number of hydrogen-bond donors (Lipinski definition) is 1. The summed E-state index contributed by atoms with van der Waals surface area (Å²) in [6.45, 7) is 4.04. The first kappa shape index (κ1) is 20.1. The predicted octanol–water partition coefficient (Wildman–Crippen LogP) is 6.11. The molecule has 0 spiro atoms. The third-order valence-electron chi connectivity index (χ3n) is 4.60. The fourth-order valence-corrected chi connectivity index (χ4v) is 3.45. The van der Waals surface area contributed by atoms with Gasteiger partial charge in [-0.15, -0.1) is 5.10 Å². The summed E-state index contributed by atoms with van der Waals surface area (Å²) >= 11 is 12.0. The van der Waals surface area contributed by atoms with Crippen molar-refractivity contribution in [1.29, 1.82) is 0 Å². The fourth-order valence-electron chi connectivity index (χ4n) is 3.15. The molecule has 0 fully saturated rings. The smallest absolute Gasteiger partial charge is 0.295 e. The number of nitrogens with one attached hydrogen (secondary N) is 1. The third-order valence-corrected chi connectivity index (χ3v) is 5.34. The van der Waals surface area contributed by atoms with Gasteiger partial charge in [0.05, 0.1) is 15.7 Å². The molecule has 30 heavy (non-hydrogen) atoms. The molecule has 0 aliphatic rings. The minimum Gasteiger partial charge on any atom is -0.319 e. The van der Waals surface area contributed by atoms with E-state index in [1.807, 2.05) is 56.3 Å². The van der Waals surface area contributed by atoms with Crippen molar-refractivity contribution in [2.24, 2.45) is 0 Å². The maximum absolute atomic E-state index is 12.9. The van der Waals surface area contributed by atoms with Gasteiger partial charge in [0.15, 0.2) is 5.82 Å².